The van der Waals surface area contributed by atoms with E-state index in [-0.39, 0.29) is 0 Å². The third-order valence-electron chi connectivity index (χ3n) is 1.32. The van der Waals surface area contributed by atoms with Gasteiger partial charge in [0, 0.05) is 17.8 Å². The van der Waals surface area contributed by atoms with Gasteiger partial charge in [0.05, 0.1) is 34.6 Å². The fraction of sp³-hybridized carbons (Fsp3) is 0. The van der Waals surface area contributed by atoms with E-state index in [2.05, 4.69) is 32.9 Å². The standard InChI is InChI=1S/C6H4IN3/c7-10-6-1-2-8-3-5(6)4-9-10/h1-4H. The summed E-state index contributed by atoms with van der Waals surface area (Å²) in [5, 5.41) is 5.14. The van der Waals surface area contributed by atoms with E-state index in [0.29, 0.717) is 0 Å². The monoisotopic (exact) mass is 245 g/mol. The van der Waals surface area contributed by atoms with Gasteiger partial charge in [0.2, 0.25) is 0 Å². The molecule has 0 spiro atoms. The number of nitrogens with zero attached hydrogens (tertiary/aromatic N) is 3. The molecule has 10 heavy (non-hydrogen) atoms. The van der Waals surface area contributed by atoms with Gasteiger partial charge in [-0.15, -0.1) is 0 Å². The minimum atomic E-state index is 1.08. The van der Waals surface area contributed by atoms with Crippen LogP contribution in [0, 0.1) is 0 Å². The van der Waals surface area contributed by atoms with Gasteiger partial charge in [-0.05, 0) is 6.07 Å². The van der Waals surface area contributed by atoms with Crippen molar-refractivity contribution in [2.75, 3.05) is 0 Å². The van der Waals surface area contributed by atoms with Crippen molar-refractivity contribution >= 4 is 33.8 Å². The molecule has 3 nitrogen and oxygen atoms in total. The Bertz CT molecular complexity index is 355. The summed E-state index contributed by atoms with van der Waals surface area (Å²) in [4.78, 5) is 3.97. The zero-order chi connectivity index (χ0) is 6.97. The van der Waals surface area contributed by atoms with Gasteiger partial charge in [-0.2, -0.15) is 5.10 Å². The molecule has 50 valence electrons. The van der Waals surface area contributed by atoms with Crippen LogP contribution in [-0.2, 0) is 0 Å². The molecule has 0 atom stereocenters. The smallest absolute Gasteiger partial charge is 0.0851 e. The van der Waals surface area contributed by atoms with Crippen molar-refractivity contribution in [1.29, 1.82) is 0 Å². The van der Waals surface area contributed by atoms with E-state index in [1.54, 1.807) is 21.5 Å². The van der Waals surface area contributed by atoms with E-state index < -0.39 is 0 Å². The predicted molar refractivity (Wildman–Crippen MR) is 46.9 cm³/mol. The Hall–Kier alpha value is -0.650. The lowest BCUT2D eigenvalue weighted by molar-refractivity contribution is 1.08. The van der Waals surface area contributed by atoms with Crippen molar-refractivity contribution in [1.82, 2.24) is 13.0 Å². The van der Waals surface area contributed by atoms with E-state index in [4.69, 9.17) is 0 Å². The summed E-state index contributed by atoms with van der Waals surface area (Å²) in [6.45, 7) is 0. The Labute approximate surface area is 71.6 Å². The summed E-state index contributed by atoms with van der Waals surface area (Å²) < 4.78 is 1.80. The number of rotatable bonds is 0. The van der Waals surface area contributed by atoms with Crippen LogP contribution in [0.1, 0.15) is 0 Å². The molecule has 0 aliphatic carbocycles. The molecular weight excluding hydrogens is 241 g/mol. The van der Waals surface area contributed by atoms with Crippen molar-refractivity contribution < 1.29 is 0 Å². The summed E-state index contributed by atoms with van der Waals surface area (Å²) in [6.07, 6.45) is 5.37. The number of hydrogen-bond acceptors (Lipinski definition) is 2. The topological polar surface area (TPSA) is 30.7 Å². The van der Waals surface area contributed by atoms with Gasteiger partial charge in [0.1, 0.15) is 0 Å². The molecule has 2 aromatic rings. The largest absolute Gasteiger partial charge is 0.264 e. The summed E-state index contributed by atoms with van der Waals surface area (Å²) in [6, 6.07) is 1.94. The van der Waals surface area contributed by atoms with Crippen LogP contribution in [0.15, 0.2) is 24.7 Å². The number of fused-ring (bicyclic) bond motifs is 1. The molecule has 0 bridgehead atoms. The van der Waals surface area contributed by atoms with Crippen molar-refractivity contribution in [3.05, 3.63) is 24.7 Å². The molecule has 2 heterocycles. The molecule has 0 aromatic carbocycles. The highest BCUT2D eigenvalue weighted by Gasteiger charge is 1.96. The second-order valence-corrected chi connectivity index (χ2v) is 2.85. The molecule has 0 N–H and O–H groups in total. The van der Waals surface area contributed by atoms with Crippen LogP contribution in [0.5, 0.6) is 0 Å². The van der Waals surface area contributed by atoms with Gasteiger partial charge in [0.25, 0.3) is 0 Å². The minimum absolute atomic E-state index is 1.08. The Morgan fingerprint density at radius 2 is 2.30 bits per heavy atom. The lowest BCUT2D eigenvalue weighted by Gasteiger charge is -1.87. The Balaban J connectivity index is 2.93. The van der Waals surface area contributed by atoms with Crippen LogP contribution < -0.4 is 0 Å². The lowest BCUT2D eigenvalue weighted by Crippen LogP contribution is -1.78. The van der Waals surface area contributed by atoms with Crippen LogP contribution in [0.3, 0.4) is 0 Å². The molecule has 4 heteroatoms. The van der Waals surface area contributed by atoms with E-state index >= 15 is 0 Å². The third-order valence-corrected chi connectivity index (χ3v) is 2.09. The first-order valence-corrected chi connectivity index (χ1v) is 3.78. The quantitative estimate of drug-likeness (QED) is 0.660. The molecule has 0 aliphatic heterocycles. The van der Waals surface area contributed by atoms with Gasteiger partial charge in [-0.25, -0.2) is 2.90 Å². The van der Waals surface area contributed by atoms with E-state index in [1.807, 2.05) is 6.07 Å². The highest BCUT2D eigenvalue weighted by molar-refractivity contribution is 14.1. The highest BCUT2D eigenvalue weighted by Crippen LogP contribution is 2.12. The van der Waals surface area contributed by atoms with Gasteiger partial charge in [-0.3, -0.25) is 4.98 Å². The molecule has 2 aromatic heterocycles. The number of hydrogen-bond donors (Lipinski definition) is 0. The van der Waals surface area contributed by atoms with Crippen LogP contribution in [-0.4, -0.2) is 13.0 Å². The molecule has 0 aliphatic rings. The number of halogens is 1. The second kappa shape index (κ2) is 2.19. The molecule has 0 unspecified atom stereocenters. The average Bonchev–Trinajstić information content (AvgIpc) is 2.34. The van der Waals surface area contributed by atoms with Crippen molar-refractivity contribution in [2.45, 2.75) is 0 Å². The van der Waals surface area contributed by atoms with Crippen LogP contribution >= 0.6 is 22.9 Å². The summed E-state index contributed by atoms with van der Waals surface area (Å²) >= 11 is 2.13. The maximum atomic E-state index is 4.06. The van der Waals surface area contributed by atoms with Gasteiger partial charge < -0.3 is 0 Å². The lowest BCUT2D eigenvalue weighted by atomic mass is 10.3. The van der Waals surface area contributed by atoms with Gasteiger partial charge in [0.15, 0.2) is 0 Å². The summed E-state index contributed by atoms with van der Waals surface area (Å²) in [7, 11) is 0. The van der Waals surface area contributed by atoms with Crippen LogP contribution in [0.25, 0.3) is 10.9 Å². The van der Waals surface area contributed by atoms with Crippen molar-refractivity contribution in [2.24, 2.45) is 0 Å². The Kier molecular flexibility index (Phi) is 1.33. The Morgan fingerprint density at radius 3 is 3.10 bits per heavy atom. The maximum absolute atomic E-state index is 4.06. The molecule has 0 radical (unpaired) electrons. The van der Waals surface area contributed by atoms with E-state index in [9.17, 15) is 0 Å². The highest BCUT2D eigenvalue weighted by atomic mass is 127. The normalized spacial score (nSPS) is 10.5. The first-order valence-electron chi connectivity index (χ1n) is 2.82. The molecule has 2 rings (SSSR count). The molecule has 0 fully saturated rings. The SMILES string of the molecule is In1ncc2cnccc21. The number of aromatic nitrogens is 3. The van der Waals surface area contributed by atoms with Gasteiger partial charge >= 0.3 is 0 Å². The number of pyridine rings is 1. The zero-order valence-corrected chi connectivity index (χ0v) is 7.19. The summed E-state index contributed by atoms with van der Waals surface area (Å²) in [5.74, 6) is 0. The zero-order valence-electron chi connectivity index (χ0n) is 5.03. The average molecular weight is 245 g/mol. The second-order valence-electron chi connectivity index (χ2n) is 1.94. The van der Waals surface area contributed by atoms with Crippen molar-refractivity contribution in [3.8, 4) is 0 Å². The van der Waals surface area contributed by atoms with Crippen LogP contribution in [0.2, 0.25) is 0 Å². The first kappa shape index (κ1) is 6.09. The van der Waals surface area contributed by atoms with E-state index in [0.717, 1.165) is 10.9 Å². The minimum Gasteiger partial charge on any atom is -0.264 e. The third kappa shape index (κ3) is 0.792. The molecular formula is C6H4IN3. The Morgan fingerprint density at radius 1 is 1.40 bits per heavy atom. The van der Waals surface area contributed by atoms with Gasteiger partial charge in [-0.1, -0.05) is 0 Å². The fourth-order valence-electron chi connectivity index (χ4n) is 0.842. The fourth-order valence-corrected chi connectivity index (χ4v) is 1.41. The molecule has 0 amide bonds. The van der Waals surface area contributed by atoms with E-state index in [1.165, 1.54) is 0 Å². The molecule has 0 saturated heterocycles. The van der Waals surface area contributed by atoms with Crippen LogP contribution in [0.4, 0.5) is 0 Å². The summed E-state index contributed by atoms with van der Waals surface area (Å²) in [5.41, 5.74) is 1.11. The van der Waals surface area contributed by atoms with Crippen molar-refractivity contribution in [3.63, 3.8) is 0 Å². The predicted octanol–water partition coefficient (Wildman–Crippen LogP) is 1.63. The first-order chi connectivity index (χ1) is 4.88. The maximum Gasteiger partial charge on any atom is 0.0851 e. The molecule has 0 saturated carbocycles.